The summed E-state index contributed by atoms with van der Waals surface area (Å²) < 4.78 is 43.8. The summed E-state index contributed by atoms with van der Waals surface area (Å²) in [5, 5.41) is 0. The number of halogens is 3. The summed E-state index contributed by atoms with van der Waals surface area (Å²) in [5.74, 6) is -0.0783. The summed E-state index contributed by atoms with van der Waals surface area (Å²) in [4.78, 5) is 0. The third kappa shape index (κ3) is 3.16. The molecule has 0 saturated heterocycles. The third-order valence-electron chi connectivity index (χ3n) is 3.20. The van der Waals surface area contributed by atoms with Crippen LogP contribution in [0.3, 0.4) is 0 Å². The van der Waals surface area contributed by atoms with E-state index >= 15 is 0 Å². The van der Waals surface area contributed by atoms with Gasteiger partial charge < -0.3 is 10.5 Å². The van der Waals surface area contributed by atoms with E-state index < -0.39 is 11.7 Å². The summed E-state index contributed by atoms with van der Waals surface area (Å²) in [6.07, 6.45) is -1.49. The van der Waals surface area contributed by atoms with Crippen molar-refractivity contribution >= 4 is 0 Å². The van der Waals surface area contributed by atoms with Crippen molar-refractivity contribution in [3.05, 3.63) is 29.8 Å². The van der Waals surface area contributed by atoms with Crippen molar-refractivity contribution in [2.45, 2.75) is 44.0 Å². The van der Waals surface area contributed by atoms with Crippen LogP contribution in [0.1, 0.15) is 31.2 Å². The average Bonchev–Trinajstić information content (AvgIpc) is 2.31. The molecule has 0 bridgehead atoms. The van der Waals surface area contributed by atoms with Crippen LogP contribution in [0.25, 0.3) is 0 Å². The molecule has 0 aliphatic heterocycles. The molecule has 0 radical (unpaired) electrons. The monoisotopic (exact) mass is 259 g/mol. The maximum Gasteiger partial charge on any atom is 0.419 e. The van der Waals surface area contributed by atoms with E-state index in [4.69, 9.17) is 10.5 Å². The van der Waals surface area contributed by atoms with Gasteiger partial charge in [0.1, 0.15) is 5.75 Å². The Morgan fingerprint density at radius 2 is 1.67 bits per heavy atom. The maximum absolute atomic E-state index is 12.8. The summed E-state index contributed by atoms with van der Waals surface area (Å²) in [5.41, 5.74) is 5.05. The molecule has 1 aliphatic rings. The lowest BCUT2D eigenvalue weighted by Crippen LogP contribution is -2.32. The van der Waals surface area contributed by atoms with E-state index in [1.54, 1.807) is 6.07 Å². The molecule has 1 saturated carbocycles. The number of para-hydroxylation sites is 1. The molecule has 100 valence electrons. The van der Waals surface area contributed by atoms with Crippen molar-refractivity contribution in [2.24, 2.45) is 5.73 Å². The number of nitrogens with two attached hydrogens (primary N) is 1. The molecule has 1 fully saturated rings. The average molecular weight is 259 g/mol. The second-order valence-corrected chi connectivity index (χ2v) is 4.65. The molecule has 1 aromatic carbocycles. The summed E-state index contributed by atoms with van der Waals surface area (Å²) in [7, 11) is 0. The van der Waals surface area contributed by atoms with Crippen LogP contribution in [0.15, 0.2) is 24.3 Å². The highest BCUT2D eigenvalue weighted by Gasteiger charge is 2.34. The summed E-state index contributed by atoms with van der Waals surface area (Å²) in [6.45, 7) is 0. The lowest BCUT2D eigenvalue weighted by Gasteiger charge is -2.27. The topological polar surface area (TPSA) is 35.2 Å². The van der Waals surface area contributed by atoms with E-state index in [9.17, 15) is 13.2 Å². The van der Waals surface area contributed by atoms with Crippen LogP contribution in [0.2, 0.25) is 0 Å². The molecule has 0 aromatic heterocycles. The van der Waals surface area contributed by atoms with Gasteiger partial charge in [-0.25, -0.2) is 0 Å². The highest BCUT2D eigenvalue weighted by atomic mass is 19.4. The molecule has 2 N–H and O–H groups in total. The Morgan fingerprint density at radius 1 is 1.06 bits per heavy atom. The van der Waals surface area contributed by atoms with Gasteiger partial charge in [-0.1, -0.05) is 12.1 Å². The predicted molar refractivity (Wildman–Crippen MR) is 62.3 cm³/mol. The van der Waals surface area contributed by atoms with E-state index in [0.29, 0.717) is 12.8 Å². The molecule has 5 heteroatoms. The molecule has 0 spiro atoms. The Labute approximate surface area is 104 Å². The second kappa shape index (κ2) is 5.18. The van der Waals surface area contributed by atoms with Crippen molar-refractivity contribution < 1.29 is 17.9 Å². The quantitative estimate of drug-likeness (QED) is 0.884. The molecule has 1 aliphatic carbocycles. The highest BCUT2D eigenvalue weighted by Crippen LogP contribution is 2.37. The first kappa shape index (κ1) is 13.2. The molecular formula is C13H16F3NO. The predicted octanol–water partition coefficient (Wildman–Crippen LogP) is 3.35. The Kier molecular flexibility index (Phi) is 3.80. The molecule has 0 atom stereocenters. The normalized spacial score (nSPS) is 24.9. The highest BCUT2D eigenvalue weighted by molar-refractivity contribution is 5.35. The van der Waals surface area contributed by atoms with Crippen molar-refractivity contribution in [2.75, 3.05) is 0 Å². The Balaban J connectivity index is 2.10. The van der Waals surface area contributed by atoms with Gasteiger partial charge in [0.25, 0.3) is 0 Å². The SMILES string of the molecule is N[C@H]1CC[C@H](Oc2ccccc2C(F)(F)F)CC1. The lowest BCUT2D eigenvalue weighted by molar-refractivity contribution is -0.139. The molecule has 0 unspecified atom stereocenters. The van der Waals surface area contributed by atoms with Gasteiger partial charge in [-0.3, -0.25) is 0 Å². The van der Waals surface area contributed by atoms with Crippen molar-refractivity contribution in [1.82, 2.24) is 0 Å². The Hall–Kier alpha value is -1.23. The zero-order chi connectivity index (χ0) is 13.2. The zero-order valence-electron chi connectivity index (χ0n) is 9.91. The lowest BCUT2D eigenvalue weighted by atomic mass is 9.93. The minimum atomic E-state index is -4.37. The van der Waals surface area contributed by atoms with Crippen LogP contribution < -0.4 is 10.5 Å². The standard InChI is InChI=1S/C13H16F3NO/c14-13(15,16)11-3-1-2-4-12(11)18-10-7-5-9(17)6-8-10/h1-4,9-10H,5-8,17H2/t9-,10-. The zero-order valence-corrected chi connectivity index (χ0v) is 9.91. The first-order valence-corrected chi connectivity index (χ1v) is 6.05. The van der Waals surface area contributed by atoms with E-state index in [1.807, 2.05) is 0 Å². The van der Waals surface area contributed by atoms with Crippen molar-refractivity contribution in [3.63, 3.8) is 0 Å². The van der Waals surface area contributed by atoms with Crippen LogP contribution in [0.5, 0.6) is 5.75 Å². The van der Waals surface area contributed by atoms with Gasteiger partial charge in [-0.05, 0) is 37.8 Å². The van der Waals surface area contributed by atoms with E-state index in [0.717, 1.165) is 18.9 Å². The number of alkyl halides is 3. The van der Waals surface area contributed by atoms with E-state index in [-0.39, 0.29) is 17.9 Å². The molecular weight excluding hydrogens is 243 g/mol. The largest absolute Gasteiger partial charge is 0.490 e. The molecule has 2 rings (SSSR count). The second-order valence-electron chi connectivity index (χ2n) is 4.65. The van der Waals surface area contributed by atoms with Gasteiger partial charge >= 0.3 is 6.18 Å². The fourth-order valence-electron chi connectivity index (χ4n) is 2.19. The fraction of sp³-hybridized carbons (Fsp3) is 0.538. The molecule has 18 heavy (non-hydrogen) atoms. The first-order chi connectivity index (χ1) is 8.47. The van der Waals surface area contributed by atoms with Crippen molar-refractivity contribution in [1.29, 1.82) is 0 Å². The Morgan fingerprint density at radius 3 is 2.28 bits per heavy atom. The van der Waals surface area contributed by atoms with Gasteiger partial charge in [0.05, 0.1) is 11.7 Å². The van der Waals surface area contributed by atoms with Crippen LogP contribution in [-0.2, 0) is 6.18 Å². The van der Waals surface area contributed by atoms with Crippen LogP contribution in [-0.4, -0.2) is 12.1 Å². The first-order valence-electron chi connectivity index (χ1n) is 6.05. The van der Waals surface area contributed by atoms with E-state index in [2.05, 4.69) is 0 Å². The van der Waals surface area contributed by atoms with Crippen LogP contribution in [0.4, 0.5) is 13.2 Å². The van der Waals surface area contributed by atoms with Gasteiger partial charge in [0, 0.05) is 6.04 Å². The summed E-state index contributed by atoms with van der Waals surface area (Å²) >= 11 is 0. The smallest absolute Gasteiger partial charge is 0.419 e. The molecule has 2 nitrogen and oxygen atoms in total. The number of ether oxygens (including phenoxy) is 1. The Bertz CT molecular complexity index is 397. The van der Waals surface area contributed by atoms with Crippen LogP contribution in [0, 0.1) is 0 Å². The third-order valence-corrected chi connectivity index (χ3v) is 3.20. The van der Waals surface area contributed by atoms with Gasteiger partial charge in [0.15, 0.2) is 0 Å². The maximum atomic E-state index is 12.8. The number of benzene rings is 1. The molecule has 0 amide bonds. The van der Waals surface area contributed by atoms with Gasteiger partial charge in [-0.15, -0.1) is 0 Å². The molecule has 1 aromatic rings. The van der Waals surface area contributed by atoms with Crippen molar-refractivity contribution in [3.8, 4) is 5.75 Å². The van der Waals surface area contributed by atoms with Gasteiger partial charge in [-0.2, -0.15) is 13.2 Å². The summed E-state index contributed by atoms with van der Waals surface area (Å²) in [6, 6.07) is 5.50. The fourth-order valence-corrected chi connectivity index (χ4v) is 2.19. The number of hydrogen-bond acceptors (Lipinski definition) is 2. The number of rotatable bonds is 2. The minimum absolute atomic E-state index is 0.0783. The minimum Gasteiger partial charge on any atom is -0.490 e. The number of hydrogen-bond donors (Lipinski definition) is 1. The molecule has 0 heterocycles. The van der Waals surface area contributed by atoms with E-state index in [1.165, 1.54) is 12.1 Å². The van der Waals surface area contributed by atoms with Gasteiger partial charge in [0.2, 0.25) is 0 Å². The van der Waals surface area contributed by atoms with Crippen LogP contribution >= 0.6 is 0 Å².